The van der Waals surface area contributed by atoms with Crippen LogP contribution in [-0.4, -0.2) is 74.6 Å². The molecule has 2 amide bonds. The predicted octanol–water partition coefficient (Wildman–Crippen LogP) is 2.25. The Morgan fingerprint density at radius 3 is 2.55 bits per heavy atom. The molecule has 1 aliphatic heterocycles. The molecule has 156 valence electrons. The molecule has 8 heteroatoms. The Bertz CT molecular complexity index is 804. The van der Waals surface area contributed by atoms with E-state index < -0.39 is 0 Å². The molecule has 1 aromatic heterocycles. The lowest BCUT2D eigenvalue weighted by atomic mass is 10.2. The second kappa shape index (κ2) is 10.1. The molecule has 0 spiro atoms. The van der Waals surface area contributed by atoms with Gasteiger partial charge in [-0.15, -0.1) is 0 Å². The zero-order valence-corrected chi connectivity index (χ0v) is 16.6. The maximum absolute atomic E-state index is 14.0. The molecule has 0 unspecified atom stereocenters. The van der Waals surface area contributed by atoms with E-state index in [1.54, 1.807) is 35.1 Å². The minimum absolute atomic E-state index is 0.0133. The summed E-state index contributed by atoms with van der Waals surface area (Å²) in [4.78, 5) is 30.5. The third-order valence-corrected chi connectivity index (χ3v) is 5.04. The van der Waals surface area contributed by atoms with Crippen LogP contribution in [0.25, 0.3) is 0 Å². The van der Waals surface area contributed by atoms with E-state index in [4.69, 9.17) is 9.15 Å². The van der Waals surface area contributed by atoms with Gasteiger partial charge in [-0.1, -0.05) is 12.1 Å². The molecule has 1 saturated heterocycles. The van der Waals surface area contributed by atoms with E-state index in [0.29, 0.717) is 57.1 Å². The monoisotopic (exact) mass is 403 g/mol. The van der Waals surface area contributed by atoms with Gasteiger partial charge in [0.25, 0.3) is 5.91 Å². The van der Waals surface area contributed by atoms with Crippen molar-refractivity contribution >= 4 is 17.5 Å². The molecule has 0 bridgehead atoms. The lowest BCUT2D eigenvalue weighted by molar-refractivity contribution is -0.131. The summed E-state index contributed by atoms with van der Waals surface area (Å²) in [5.41, 5.74) is 1.02. The van der Waals surface area contributed by atoms with Crippen LogP contribution in [-0.2, 0) is 9.53 Å². The van der Waals surface area contributed by atoms with E-state index in [-0.39, 0.29) is 24.1 Å². The SMILES string of the molecule is COCCN(CCC(=O)N1CCN(c2ccccc2F)CC1)C(=O)c1ccoc1. The second-order valence-corrected chi connectivity index (χ2v) is 6.87. The fourth-order valence-electron chi connectivity index (χ4n) is 3.38. The Morgan fingerprint density at radius 1 is 1.14 bits per heavy atom. The fraction of sp³-hybridized carbons (Fsp3) is 0.429. The lowest BCUT2D eigenvalue weighted by Gasteiger charge is -2.36. The number of carbonyl (C=O) groups is 2. The summed E-state index contributed by atoms with van der Waals surface area (Å²) in [7, 11) is 1.57. The molecule has 7 nitrogen and oxygen atoms in total. The van der Waals surface area contributed by atoms with Crippen molar-refractivity contribution in [3.8, 4) is 0 Å². The third kappa shape index (κ3) is 5.35. The van der Waals surface area contributed by atoms with E-state index in [2.05, 4.69) is 0 Å². The average Bonchev–Trinajstić information content (AvgIpc) is 3.29. The van der Waals surface area contributed by atoms with Gasteiger partial charge in [0.15, 0.2) is 0 Å². The first-order valence-electron chi connectivity index (χ1n) is 9.68. The highest BCUT2D eigenvalue weighted by atomic mass is 19.1. The summed E-state index contributed by atoms with van der Waals surface area (Å²) in [6.07, 6.45) is 3.07. The summed E-state index contributed by atoms with van der Waals surface area (Å²) < 4.78 is 24.0. The number of carbonyl (C=O) groups excluding carboxylic acids is 2. The number of amides is 2. The normalized spacial score (nSPS) is 14.1. The first kappa shape index (κ1) is 20.9. The number of hydrogen-bond acceptors (Lipinski definition) is 5. The van der Waals surface area contributed by atoms with Crippen LogP contribution < -0.4 is 4.90 Å². The zero-order valence-electron chi connectivity index (χ0n) is 16.6. The van der Waals surface area contributed by atoms with Crippen LogP contribution in [0.4, 0.5) is 10.1 Å². The van der Waals surface area contributed by atoms with E-state index in [1.807, 2.05) is 11.0 Å². The number of furan rings is 1. The van der Waals surface area contributed by atoms with Crippen molar-refractivity contribution in [3.63, 3.8) is 0 Å². The number of rotatable bonds is 8. The first-order valence-corrected chi connectivity index (χ1v) is 9.68. The number of ether oxygens (including phenoxy) is 1. The van der Waals surface area contributed by atoms with Gasteiger partial charge in [-0.05, 0) is 18.2 Å². The maximum Gasteiger partial charge on any atom is 0.257 e. The van der Waals surface area contributed by atoms with E-state index in [9.17, 15) is 14.0 Å². The van der Waals surface area contributed by atoms with Crippen LogP contribution in [0.1, 0.15) is 16.8 Å². The van der Waals surface area contributed by atoms with Crippen LogP contribution in [0, 0.1) is 5.82 Å². The van der Waals surface area contributed by atoms with Gasteiger partial charge in [0.1, 0.15) is 12.1 Å². The van der Waals surface area contributed by atoms with Gasteiger partial charge in [-0.25, -0.2) is 4.39 Å². The molecule has 3 rings (SSSR count). The van der Waals surface area contributed by atoms with Gasteiger partial charge < -0.3 is 23.9 Å². The summed E-state index contributed by atoms with van der Waals surface area (Å²) in [6.45, 7) is 3.30. The van der Waals surface area contributed by atoms with Crippen LogP contribution in [0.3, 0.4) is 0 Å². The van der Waals surface area contributed by atoms with Crippen LogP contribution in [0.5, 0.6) is 0 Å². The predicted molar refractivity (Wildman–Crippen MR) is 106 cm³/mol. The van der Waals surface area contributed by atoms with Crippen LogP contribution in [0.2, 0.25) is 0 Å². The molecule has 29 heavy (non-hydrogen) atoms. The summed E-state index contributed by atoms with van der Waals surface area (Å²) in [5.74, 6) is -0.451. The molecule has 1 fully saturated rings. The smallest absolute Gasteiger partial charge is 0.257 e. The minimum Gasteiger partial charge on any atom is -0.472 e. The molecule has 1 aliphatic rings. The van der Waals surface area contributed by atoms with Crippen molar-refractivity contribution in [2.45, 2.75) is 6.42 Å². The maximum atomic E-state index is 14.0. The van der Waals surface area contributed by atoms with E-state index >= 15 is 0 Å². The number of halogens is 1. The highest BCUT2D eigenvalue weighted by Gasteiger charge is 2.24. The number of piperazine rings is 1. The van der Waals surface area contributed by atoms with Gasteiger partial charge >= 0.3 is 0 Å². The summed E-state index contributed by atoms with van der Waals surface area (Å²) in [6, 6.07) is 8.27. The zero-order chi connectivity index (χ0) is 20.6. The van der Waals surface area contributed by atoms with Crippen molar-refractivity contribution in [2.24, 2.45) is 0 Å². The standard InChI is InChI=1S/C21H26FN3O4/c1-28-15-13-25(21(27)17-7-14-29-16-17)8-6-20(26)24-11-9-23(10-12-24)19-5-3-2-4-18(19)22/h2-5,7,14,16H,6,8-13,15H2,1H3. The van der Waals surface area contributed by atoms with Gasteiger partial charge in [0.05, 0.1) is 24.1 Å². The number of hydrogen-bond donors (Lipinski definition) is 0. The fourth-order valence-corrected chi connectivity index (χ4v) is 3.38. The Hall–Kier alpha value is -2.87. The minimum atomic E-state index is -0.251. The Kier molecular flexibility index (Phi) is 7.24. The molecule has 2 heterocycles. The number of anilines is 1. The van der Waals surface area contributed by atoms with Crippen molar-refractivity contribution in [3.05, 3.63) is 54.2 Å². The highest BCUT2D eigenvalue weighted by Crippen LogP contribution is 2.20. The van der Waals surface area contributed by atoms with E-state index in [1.165, 1.54) is 18.6 Å². The van der Waals surface area contributed by atoms with Gasteiger partial charge in [-0.3, -0.25) is 9.59 Å². The van der Waals surface area contributed by atoms with Crippen LogP contribution in [0.15, 0.2) is 47.3 Å². The van der Waals surface area contributed by atoms with Crippen molar-refractivity contribution < 1.29 is 23.1 Å². The second-order valence-electron chi connectivity index (χ2n) is 6.87. The van der Waals surface area contributed by atoms with Gasteiger partial charge in [0, 0.05) is 52.8 Å². The number of nitrogens with zero attached hydrogens (tertiary/aromatic N) is 3. The van der Waals surface area contributed by atoms with E-state index in [0.717, 1.165) is 0 Å². The van der Waals surface area contributed by atoms with Crippen molar-refractivity contribution in [1.82, 2.24) is 9.80 Å². The number of para-hydroxylation sites is 1. The van der Waals surface area contributed by atoms with Crippen LogP contribution >= 0.6 is 0 Å². The largest absolute Gasteiger partial charge is 0.472 e. The molecule has 0 atom stereocenters. The number of benzene rings is 1. The molecular formula is C21H26FN3O4. The molecule has 1 aromatic carbocycles. The van der Waals surface area contributed by atoms with Crippen molar-refractivity contribution in [1.29, 1.82) is 0 Å². The third-order valence-electron chi connectivity index (χ3n) is 5.04. The molecule has 0 saturated carbocycles. The topological polar surface area (TPSA) is 66.2 Å². The lowest BCUT2D eigenvalue weighted by Crippen LogP contribution is -2.49. The first-order chi connectivity index (χ1) is 14.1. The summed E-state index contributed by atoms with van der Waals surface area (Å²) >= 11 is 0. The van der Waals surface area contributed by atoms with Gasteiger partial charge in [0.2, 0.25) is 5.91 Å². The Labute approximate surface area is 169 Å². The highest BCUT2D eigenvalue weighted by molar-refractivity contribution is 5.94. The molecule has 0 radical (unpaired) electrons. The quantitative estimate of drug-likeness (QED) is 0.676. The van der Waals surface area contributed by atoms with Gasteiger partial charge in [-0.2, -0.15) is 0 Å². The Balaban J connectivity index is 1.51. The van der Waals surface area contributed by atoms with Crippen molar-refractivity contribution in [2.75, 3.05) is 57.9 Å². The molecular weight excluding hydrogens is 377 g/mol. The number of methoxy groups -OCH3 is 1. The average molecular weight is 403 g/mol. The molecule has 0 aliphatic carbocycles. The Morgan fingerprint density at radius 2 is 1.90 bits per heavy atom. The molecule has 2 aromatic rings. The summed E-state index contributed by atoms with van der Waals surface area (Å²) in [5, 5.41) is 0. The molecule has 0 N–H and O–H groups in total.